The number of unbranched alkanes of at least 4 members (excludes halogenated alkanes) is 7. The summed E-state index contributed by atoms with van der Waals surface area (Å²) in [4.78, 5) is 43.4. The molecular weight excluding hydrogens is 614 g/mol. The molecule has 2 fully saturated rings. The minimum Gasteiger partial charge on any atom is -0.481 e. The summed E-state index contributed by atoms with van der Waals surface area (Å²) in [5.74, 6) is -0.572. The van der Waals surface area contributed by atoms with Gasteiger partial charge in [-0.3, -0.25) is 23.9 Å². The van der Waals surface area contributed by atoms with Gasteiger partial charge in [0.05, 0.1) is 10.6 Å². The summed E-state index contributed by atoms with van der Waals surface area (Å²) >= 11 is 6.81. The van der Waals surface area contributed by atoms with E-state index in [-0.39, 0.29) is 23.7 Å². The molecule has 0 bridgehead atoms. The van der Waals surface area contributed by atoms with Crippen LogP contribution in [0.4, 0.5) is 15.9 Å². The molecule has 2 aromatic rings. The molecule has 2 aliphatic rings. The van der Waals surface area contributed by atoms with Crippen molar-refractivity contribution in [2.45, 2.75) is 64.7 Å². The number of carbonyl (C=O) groups excluding carboxylic acids is 1. The van der Waals surface area contributed by atoms with Crippen LogP contribution in [0.5, 0.6) is 0 Å². The van der Waals surface area contributed by atoms with Crippen LogP contribution in [0.25, 0.3) is 6.08 Å². The second kappa shape index (κ2) is 16.0. The first-order valence-electron chi connectivity index (χ1n) is 15.5. The molecule has 2 aliphatic heterocycles. The number of nitrogens with zero attached hydrogens (tertiary/aromatic N) is 5. The van der Waals surface area contributed by atoms with Gasteiger partial charge in [-0.1, -0.05) is 74.6 Å². The van der Waals surface area contributed by atoms with Crippen LogP contribution in [0, 0.1) is 24.1 Å². The molecule has 1 aromatic heterocycles. The Bertz CT molecular complexity index is 1560. The topological polar surface area (TPSA) is 110 Å². The number of aromatic nitrogens is 1. The van der Waals surface area contributed by atoms with Gasteiger partial charge < -0.3 is 14.9 Å². The van der Waals surface area contributed by atoms with Crippen LogP contribution in [-0.2, 0) is 16.6 Å². The summed E-state index contributed by atoms with van der Waals surface area (Å²) in [5.41, 5.74) is 1.33. The zero-order valence-electron chi connectivity index (χ0n) is 25.9. The van der Waals surface area contributed by atoms with Crippen molar-refractivity contribution in [2.24, 2.45) is 7.05 Å². The Morgan fingerprint density at radius 3 is 2.24 bits per heavy atom. The molecule has 4 rings (SSSR count). The fourth-order valence-electron chi connectivity index (χ4n) is 5.89. The maximum atomic E-state index is 14.4. The molecule has 9 nitrogen and oxygen atoms in total. The molecule has 1 aromatic carbocycles. The molecule has 0 spiro atoms. The number of rotatable bonds is 14. The molecule has 3 heterocycles. The number of nitriles is 1. The van der Waals surface area contributed by atoms with Crippen molar-refractivity contribution < 1.29 is 19.1 Å². The van der Waals surface area contributed by atoms with E-state index >= 15 is 0 Å². The summed E-state index contributed by atoms with van der Waals surface area (Å²) in [7, 11) is 1.64. The second-order valence-corrected chi connectivity index (χ2v) is 13.1. The maximum absolute atomic E-state index is 14.4. The number of thiocarbonyl (C=S) groups is 1. The van der Waals surface area contributed by atoms with Gasteiger partial charge in [0.1, 0.15) is 27.6 Å². The van der Waals surface area contributed by atoms with Crippen molar-refractivity contribution in [3.05, 3.63) is 62.0 Å². The largest absolute Gasteiger partial charge is 0.481 e. The highest BCUT2D eigenvalue weighted by Gasteiger charge is 2.33. The number of para-hydroxylation sites is 1. The van der Waals surface area contributed by atoms with Crippen LogP contribution in [0.1, 0.15) is 74.5 Å². The average molecular weight is 654 g/mol. The SMILES string of the molecule is Cc1c(C=C2SC(=S)N(CCCCCCCCCCC(=O)O)C2=O)c(N2CCN(c3ccccc3F)CC2)n(C)c(=O)c1C#N. The van der Waals surface area contributed by atoms with E-state index in [1.807, 2.05) is 17.0 Å². The van der Waals surface area contributed by atoms with Crippen LogP contribution >= 0.6 is 24.0 Å². The van der Waals surface area contributed by atoms with Gasteiger partial charge in [-0.2, -0.15) is 5.26 Å². The number of carboxylic acids is 1. The third-order valence-corrected chi connectivity index (χ3v) is 9.79. The van der Waals surface area contributed by atoms with Gasteiger partial charge in [0, 0.05) is 51.8 Å². The van der Waals surface area contributed by atoms with Crippen molar-refractivity contribution in [2.75, 3.05) is 42.5 Å². The van der Waals surface area contributed by atoms with E-state index in [1.165, 1.54) is 22.4 Å². The Kier molecular flexibility index (Phi) is 12.2. The van der Waals surface area contributed by atoms with E-state index in [0.717, 1.165) is 51.4 Å². The lowest BCUT2D eigenvalue weighted by Crippen LogP contribution is -2.48. The zero-order chi connectivity index (χ0) is 32.5. The third-order valence-electron chi connectivity index (χ3n) is 8.41. The first-order chi connectivity index (χ1) is 21.6. The summed E-state index contributed by atoms with van der Waals surface area (Å²) in [6.45, 7) is 4.40. The number of hydrogen-bond donors (Lipinski definition) is 1. The molecule has 12 heteroatoms. The van der Waals surface area contributed by atoms with Crippen molar-refractivity contribution in [3.63, 3.8) is 0 Å². The third kappa shape index (κ3) is 8.32. The summed E-state index contributed by atoms with van der Waals surface area (Å²) < 4.78 is 16.4. The van der Waals surface area contributed by atoms with Crippen molar-refractivity contribution in [1.29, 1.82) is 5.26 Å². The van der Waals surface area contributed by atoms with Crippen LogP contribution in [0.2, 0.25) is 0 Å². The highest BCUT2D eigenvalue weighted by molar-refractivity contribution is 8.26. The second-order valence-electron chi connectivity index (χ2n) is 11.4. The number of pyridine rings is 1. The Morgan fingerprint density at radius 1 is 1.02 bits per heavy atom. The summed E-state index contributed by atoms with van der Waals surface area (Å²) in [6.07, 6.45) is 9.69. The number of halogens is 1. The standard InChI is InChI=1S/C33H40FN5O4S2/c1-23-24(21-28-32(43)39(33(44)45-28)16-12-8-6-4-3-5-7-9-15-29(40)41)30(36(2)31(42)25(23)22-35)38-19-17-37(18-20-38)27-14-11-10-13-26(27)34/h10-11,13-14,21H,3-9,12,15-20H2,1-2H3,(H,40,41). The first-order valence-corrected chi connectivity index (χ1v) is 16.7. The molecule has 0 aliphatic carbocycles. The molecule has 0 atom stereocenters. The molecule has 0 radical (unpaired) electrons. The number of anilines is 2. The van der Waals surface area contributed by atoms with Gasteiger partial charge >= 0.3 is 5.97 Å². The van der Waals surface area contributed by atoms with Crippen LogP contribution in [-0.4, -0.2) is 63.5 Å². The maximum Gasteiger partial charge on any atom is 0.303 e. The highest BCUT2D eigenvalue weighted by atomic mass is 32.2. The normalized spacial score (nSPS) is 16.1. The Hall–Kier alpha value is -3.69. The van der Waals surface area contributed by atoms with Crippen LogP contribution in [0.3, 0.4) is 0 Å². The number of piperazine rings is 1. The van der Waals surface area contributed by atoms with Gasteiger partial charge in [0.25, 0.3) is 11.5 Å². The molecule has 2 saturated heterocycles. The predicted octanol–water partition coefficient (Wildman–Crippen LogP) is 5.83. The van der Waals surface area contributed by atoms with Gasteiger partial charge in [-0.25, -0.2) is 4.39 Å². The minimum absolute atomic E-state index is 0.0369. The molecule has 1 N–H and O–H groups in total. The molecule has 1 amide bonds. The lowest BCUT2D eigenvalue weighted by atomic mass is 10.0. The minimum atomic E-state index is -0.742. The zero-order valence-corrected chi connectivity index (χ0v) is 27.5. The Balaban J connectivity index is 1.43. The van der Waals surface area contributed by atoms with E-state index in [4.69, 9.17) is 17.3 Å². The highest BCUT2D eigenvalue weighted by Crippen LogP contribution is 2.36. The number of hydrogen-bond acceptors (Lipinski definition) is 8. The van der Waals surface area contributed by atoms with E-state index in [0.29, 0.717) is 64.6 Å². The van der Waals surface area contributed by atoms with Gasteiger partial charge in [-0.15, -0.1) is 0 Å². The molecular formula is C33H40FN5O4S2. The molecule has 240 valence electrons. The van der Waals surface area contributed by atoms with E-state index < -0.39 is 11.5 Å². The summed E-state index contributed by atoms with van der Waals surface area (Å²) in [5, 5.41) is 18.5. The smallest absolute Gasteiger partial charge is 0.303 e. The molecule has 0 saturated carbocycles. The summed E-state index contributed by atoms with van der Waals surface area (Å²) in [6, 6.07) is 8.72. The predicted molar refractivity (Wildman–Crippen MR) is 181 cm³/mol. The Morgan fingerprint density at radius 2 is 1.62 bits per heavy atom. The monoisotopic (exact) mass is 653 g/mol. The quantitative estimate of drug-likeness (QED) is 0.153. The van der Waals surface area contributed by atoms with Crippen molar-refractivity contribution in [1.82, 2.24) is 9.47 Å². The Labute approximate surface area is 273 Å². The van der Waals surface area contributed by atoms with Gasteiger partial charge in [0.2, 0.25) is 0 Å². The van der Waals surface area contributed by atoms with Crippen LogP contribution < -0.4 is 15.4 Å². The van der Waals surface area contributed by atoms with Crippen LogP contribution in [0.15, 0.2) is 34.0 Å². The van der Waals surface area contributed by atoms with Gasteiger partial charge in [0.15, 0.2) is 0 Å². The fraction of sp³-hybridized carbons (Fsp3) is 0.485. The first kappa shape index (κ1) is 34.2. The fourth-order valence-corrected chi connectivity index (χ4v) is 7.18. The lowest BCUT2D eigenvalue weighted by molar-refractivity contribution is -0.137. The van der Waals surface area contributed by atoms with E-state index in [9.17, 15) is 24.0 Å². The number of thioether (sulfide) groups is 1. The molecule has 45 heavy (non-hydrogen) atoms. The number of carboxylic acid groups (broad SMARTS) is 1. The van der Waals surface area contributed by atoms with Crippen molar-refractivity contribution in [3.8, 4) is 6.07 Å². The van der Waals surface area contributed by atoms with Gasteiger partial charge in [-0.05, 0) is 43.5 Å². The number of amides is 1. The van der Waals surface area contributed by atoms with E-state index in [2.05, 4.69) is 4.90 Å². The average Bonchev–Trinajstić information content (AvgIpc) is 3.28. The number of benzene rings is 1. The van der Waals surface area contributed by atoms with Crippen molar-refractivity contribution >= 4 is 57.8 Å². The number of aliphatic carboxylic acids is 1. The molecule has 0 unspecified atom stereocenters. The number of carbonyl (C=O) groups is 2. The lowest BCUT2D eigenvalue weighted by Gasteiger charge is -2.38. The van der Waals surface area contributed by atoms with E-state index in [1.54, 1.807) is 37.1 Å².